The van der Waals surface area contributed by atoms with E-state index < -0.39 is 10.9 Å². The second kappa shape index (κ2) is 12.2. The number of thioether (sulfide) groups is 1. The first-order valence-electron chi connectivity index (χ1n) is 6.50. The molecule has 0 bridgehead atoms. The molecule has 0 fully saturated rings. The van der Waals surface area contributed by atoms with Crippen molar-refractivity contribution in [1.82, 2.24) is 0 Å². The fourth-order valence-corrected chi connectivity index (χ4v) is 3.52. The Hall–Kier alpha value is 0.690. The minimum Gasteiger partial charge on any atom is -0.450 e. The number of hydrogen-bond acceptors (Lipinski definition) is 9. The fourth-order valence-electron chi connectivity index (χ4n) is 1.07. The molecule has 0 aliphatic carbocycles. The van der Waals surface area contributed by atoms with Gasteiger partial charge < -0.3 is 9.47 Å². The van der Waals surface area contributed by atoms with Gasteiger partial charge in [-0.1, -0.05) is 13.8 Å². The maximum atomic E-state index is 11.1. The standard InChI is InChI=1S/C12H22O4S5/c1-3-9(13)15-11(19)7(17)5-21-6-8(18)12(20)16-10(14)4-2/h7-8,11-12,17-20H,3-6H2,1-2H3. The highest BCUT2D eigenvalue weighted by Crippen LogP contribution is 2.21. The summed E-state index contributed by atoms with van der Waals surface area (Å²) in [5.74, 6) is 0.669. The highest BCUT2D eigenvalue weighted by molar-refractivity contribution is 8.01. The van der Waals surface area contributed by atoms with Crippen molar-refractivity contribution in [1.29, 1.82) is 0 Å². The molecule has 0 spiro atoms. The summed E-state index contributed by atoms with van der Waals surface area (Å²) in [5, 5.41) is -0.378. The highest BCUT2D eigenvalue weighted by Gasteiger charge is 2.21. The fraction of sp³-hybridized carbons (Fsp3) is 0.833. The molecule has 0 aromatic carbocycles. The molecule has 4 unspecified atom stereocenters. The van der Waals surface area contributed by atoms with Crippen molar-refractivity contribution in [3.8, 4) is 0 Å². The lowest BCUT2D eigenvalue weighted by molar-refractivity contribution is -0.145. The summed E-state index contributed by atoms with van der Waals surface area (Å²) in [6, 6.07) is 0. The summed E-state index contributed by atoms with van der Waals surface area (Å²) < 4.78 is 10.1. The molecule has 4 nitrogen and oxygen atoms in total. The molecule has 0 aromatic heterocycles. The Kier molecular flexibility index (Phi) is 12.6. The van der Waals surface area contributed by atoms with Gasteiger partial charge in [-0.2, -0.15) is 37.0 Å². The normalized spacial score (nSPS) is 16.7. The first-order valence-corrected chi connectivity index (χ1v) is 9.72. The van der Waals surface area contributed by atoms with E-state index in [1.54, 1.807) is 25.6 Å². The maximum Gasteiger partial charge on any atom is 0.306 e. The highest BCUT2D eigenvalue weighted by atomic mass is 32.2. The van der Waals surface area contributed by atoms with Crippen LogP contribution in [0.4, 0.5) is 0 Å². The van der Waals surface area contributed by atoms with Crippen LogP contribution in [-0.2, 0) is 19.1 Å². The van der Waals surface area contributed by atoms with Gasteiger partial charge in [-0.3, -0.25) is 9.59 Å². The van der Waals surface area contributed by atoms with E-state index in [4.69, 9.17) is 9.47 Å². The number of esters is 2. The van der Waals surface area contributed by atoms with Crippen molar-refractivity contribution in [2.75, 3.05) is 11.5 Å². The van der Waals surface area contributed by atoms with E-state index in [1.165, 1.54) is 0 Å². The topological polar surface area (TPSA) is 52.6 Å². The van der Waals surface area contributed by atoms with Crippen LogP contribution >= 0.6 is 62.3 Å². The van der Waals surface area contributed by atoms with Gasteiger partial charge in [0.1, 0.15) is 0 Å². The van der Waals surface area contributed by atoms with E-state index in [2.05, 4.69) is 50.5 Å². The molecule has 9 heteroatoms. The van der Waals surface area contributed by atoms with Gasteiger partial charge in [-0.15, -0.1) is 25.3 Å². The molecule has 0 aromatic rings. The van der Waals surface area contributed by atoms with Gasteiger partial charge in [0.05, 0.1) is 10.5 Å². The third kappa shape index (κ3) is 10.1. The predicted molar refractivity (Wildman–Crippen MR) is 101 cm³/mol. The Morgan fingerprint density at radius 2 is 1.19 bits per heavy atom. The van der Waals surface area contributed by atoms with Crippen molar-refractivity contribution in [2.45, 2.75) is 48.1 Å². The average molecular weight is 391 g/mol. The van der Waals surface area contributed by atoms with Crippen LogP contribution in [0.25, 0.3) is 0 Å². The van der Waals surface area contributed by atoms with Crippen LogP contribution in [-0.4, -0.2) is 44.8 Å². The van der Waals surface area contributed by atoms with Crippen LogP contribution in [0.15, 0.2) is 0 Å². The van der Waals surface area contributed by atoms with Crippen LogP contribution < -0.4 is 0 Å². The minimum atomic E-state index is -0.545. The summed E-state index contributed by atoms with van der Waals surface area (Å²) in [6.45, 7) is 3.45. The number of carbonyl (C=O) groups is 2. The summed E-state index contributed by atoms with van der Waals surface area (Å²) >= 11 is 18.7. The molecule has 0 rings (SSSR count). The molecule has 0 amide bonds. The van der Waals surface area contributed by atoms with Gasteiger partial charge in [-0.05, 0) is 0 Å². The molecule has 0 aliphatic rings. The quantitative estimate of drug-likeness (QED) is 0.263. The molecule has 0 saturated heterocycles. The molecule has 0 saturated carbocycles. The Morgan fingerprint density at radius 3 is 1.48 bits per heavy atom. The zero-order valence-electron chi connectivity index (χ0n) is 12.0. The smallest absolute Gasteiger partial charge is 0.306 e. The van der Waals surface area contributed by atoms with E-state index in [0.717, 1.165) is 0 Å². The lowest BCUT2D eigenvalue weighted by Crippen LogP contribution is -2.27. The van der Waals surface area contributed by atoms with Crippen LogP contribution in [0.5, 0.6) is 0 Å². The zero-order valence-corrected chi connectivity index (χ0v) is 16.4. The van der Waals surface area contributed by atoms with E-state index in [1.807, 2.05) is 0 Å². The first-order chi connectivity index (χ1) is 9.81. The third-order valence-electron chi connectivity index (χ3n) is 2.32. The van der Waals surface area contributed by atoms with Crippen molar-refractivity contribution in [2.24, 2.45) is 0 Å². The second-order valence-corrected chi connectivity index (χ2v) is 7.56. The van der Waals surface area contributed by atoms with E-state index >= 15 is 0 Å². The number of hydrogen-bond donors (Lipinski definition) is 4. The molecule has 0 N–H and O–H groups in total. The summed E-state index contributed by atoms with van der Waals surface area (Å²) in [6.07, 6.45) is 0.626. The summed E-state index contributed by atoms with van der Waals surface area (Å²) in [5.41, 5.74) is -1.09. The van der Waals surface area contributed by atoms with Crippen molar-refractivity contribution >= 4 is 74.2 Å². The number of carbonyl (C=O) groups excluding carboxylic acids is 2. The number of ether oxygens (including phenoxy) is 2. The van der Waals surface area contributed by atoms with E-state index in [0.29, 0.717) is 24.3 Å². The number of thiol groups is 4. The SMILES string of the molecule is CCC(=O)OC(S)C(S)CSCC(S)C(S)OC(=O)CC. The molecule has 0 aliphatic heterocycles. The average Bonchev–Trinajstić information content (AvgIpc) is 2.46. The predicted octanol–water partition coefficient (Wildman–Crippen LogP) is 2.73. The van der Waals surface area contributed by atoms with E-state index in [-0.39, 0.29) is 22.4 Å². The zero-order chi connectivity index (χ0) is 16.4. The van der Waals surface area contributed by atoms with Crippen LogP contribution in [0.3, 0.4) is 0 Å². The molecule has 124 valence electrons. The van der Waals surface area contributed by atoms with Gasteiger partial charge in [0.25, 0.3) is 0 Å². The lowest BCUT2D eigenvalue weighted by Gasteiger charge is -2.21. The van der Waals surface area contributed by atoms with Crippen LogP contribution in [0.2, 0.25) is 0 Å². The lowest BCUT2D eigenvalue weighted by atomic mass is 10.4. The molecule has 0 heterocycles. The molecular formula is C12H22O4S5. The van der Waals surface area contributed by atoms with Crippen LogP contribution in [0.1, 0.15) is 26.7 Å². The number of rotatable bonds is 10. The van der Waals surface area contributed by atoms with E-state index in [9.17, 15) is 9.59 Å². The molecular weight excluding hydrogens is 368 g/mol. The van der Waals surface area contributed by atoms with Gasteiger partial charge in [0.2, 0.25) is 0 Å². The second-order valence-electron chi connectivity index (χ2n) is 4.14. The van der Waals surface area contributed by atoms with Crippen molar-refractivity contribution in [3.63, 3.8) is 0 Å². The van der Waals surface area contributed by atoms with Crippen LogP contribution in [0, 0.1) is 0 Å². The van der Waals surface area contributed by atoms with Crippen molar-refractivity contribution < 1.29 is 19.1 Å². The maximum absolute atomic E-state index is 11.1. The van der Waals surface area contributed by atoms with Gasteiger partial charge >= 0.3 is 11.9 Å². The Balaban J connectivity index is 3.96. The third-order valence-corrected chi connectivity index (χ3v) is 6.31. The molecule has 4 atom stereocenters. The minimum absolute atomic E-state index is 0.189. The van der Waals surface area contributed by atoms with Gasteiger partial charge in [0.15, 0.2) is 10.9 Å². The monoisotopic (exact) mass is 390 g/mol. The Bertz CT molecular complexity index is 299. The summed E-state index contributed by atoms with van der Waals surface area (Å²) in [7, 11) is 0. The largest absolute Gasteiger partial charge is 0.450 e. The molecule has 0 radical (unpaired) electrons. The van der Waals surface area contributed by atoms with Crippen molar-refractivity contribution in [3.05, 3.63) is 0 Å². The molecule has 21 heavy (non-hydrogen) atoms. The summed E-state index contributed by atoms with van der Waals surface area (Å²) in [4.78, 5) is 22.3. The Morgan fingerprint density at radius 1 is 0.857 bits per heavy atom. The first kappa shape index (κ1) is 21.7. The van der Waals surface area contributed by atoms with Gasteiger partial charge in [0, 0.05) is 24.3 Å². The van der Waals surface area contributed by atoms with Gasteiger partial charge in [-0.25, -0.2) is 0 Å². The Labute approximate surface area is 152 Å².